The molecule has 0 spiro atoms. The molecule has 0 fully saturated rings. The first kappa shape index (κ1) is 11.0. The maximum Gasteiger partial charge on any atom is 0.225 e. The van der Waals surface area contributed by atoms with Crippen LogP contribution in [0.15, 0.2) is 30.6 Å². The van der Waals surface area contributed by atoms with Crippen molar-refractivity contribution in [1.82, 2.24) is 9.97 Å². The van der Waals surface area contributed by atoms with Crippen molar-refractivity contribution in [1.29, 1.82) is 0 Å². The maximum atomic E-state index is 6.00. The van der Waals surface area contributed by atoms with E-state index in [9.17, 15) is 0 Å². The first-order chi connectivity index (χ1) is 8.74. The van der Waals surface area contributed by atoms with Gasteiger partial charge in [0.15, 0.2) is 0 Å². The molecule has 2 heterocycles. The van der Waals surface area contributed by atoms with Gasteiger partial charge in [0, 0.05) is 31.2 Å². The molecular weight excluding hydrogens is 224 g/mol. The topological polar surface area (TPSA) is 55.0 Å². The molecular formula is C14H16N4. The second kappa shape index (κ2) is 4.29. The molecule has 92 valence electrons. The summed E-state index contributed by atoms with van der Waals surface area (Å²) in [5, 5.41) is 0. The minimum atomic E-state index is 0.800. The Kier molecular flexibility index (Phi) is 2.63. The van der Waals surface area contributed by atoms with Gasteiger partial charge in [-0.1, -0.05) is 12.1 Å². The van der Waals surface area contributed by atoms with Gasteiger partial charge in [0.05, 0.1) is 0 Å². The molecule has 3 rings (SSSR count). The molecule has 0 unspecified atom stereocenters. The molecule has 18 heavy (non-hydrogen) atoms. The average Bonchev–Trinajstić information content (AvgIpc) is 2.39. The summed E-state index contributed by atoms with van der Waals surface area (Å²) in [4.78, 5) is 11.0. The largest absolute Gasteiger partial charge is 0.398 e. The van der Waals surface area contributed by atoms with Crippen LogP contribution in [0.1, 0.15) is 16.7 Å². The van der Waals surface area contributed by atoms with E-state index in [1.807, 2.05) is 31.5 Å². The Bertz CT molecular complexity index is 563. The van der Waals surface area contributed by atoms with Crippen LogP contribution in [0.2, 0.25) is 0 Å². The SMILES string of the molecule is Cc1cnc(N2CCc3c(N)cccc3C2)nc1. The Morgan fingerprint density at radius 1 is 1.22 bits per heavy atom. The third-order valence-corrected chi connectivity index (χ3v) is 3.35. The van der Waals surface area contributed by atoms with Gasteiger partial charge in [-0.3, -0.25) is 0 Å². The number of nitrogens with two attached hydrogens (primary N) is 1. The summed E-state index contributed by atoms with van der Waals surface area (Å²) in [6.45, 7) is 3.75. The highest BCUT2D eigenvalue weighted by Crippen LogP contribution is 2.25. The van der Waals surface area contributed by atoms with Crippen LogP contribution in [0.3, 0.4) is 0 Å². The van der Waals surface area contributed by atoms with Crippen molar-refractivity contribution in [2.45, 2.75) is 19.9 Å². The van der Waals surface area contributed by atoms with Gasteiger partial charge in [-0.2, -0.15) is 0 Å². The molecule has 4 heteroatoms. The van der Waals surface area contributed by atoms with Gasteiger partial charge >= 0.3 is 0 Å². The molecule has 2 aromatic rings. The molecule has 1 aromatic heterocycles. The van der Waals surface area contributed by atoms with Crippen LogP contribution in [0.5, 0.6) is 0 Å². The van der Waals surface area contributed by atoms with Crippen molar-refractivity contribution in [2.75, 3.05) is 17.2 Å². The molecule has 0 saturated heterocycles. The molecule has 1 aliphatic heterocycles. The number of fused-ring (bicyclic) bond motifs is 1. The van der Waals surface area contributed by atoms with E-state index in [1.165, 1.54) is 11.1 Å². The summed E-state index contributed by atoms with van der Waals surface area (Å²) in [6, 6.07) is 6.11. The fraction of sp³-hybridized carbons (Fsp3) is 0.286. The zero-order chi connectivity index (χ0) is 12.5. The number of hydrogen-bond acceptors (Lipinski definition) is 4. The number of benzene rings is 1. The minimum Gasteiger partial charge on any atom is -0.398 e. The lowest BCUT2D eigenvalue weighted by molar-refractivity contribution is 0.708. The number of aromatic nitrogens is 2. The molecule has 1 aromatic carbocycles. The fourth-order valence-corrected chi connectivity index (χ4v) is 2.36. The van der Waals surface area contributed by atoms with E-state index in [-0.39, 0.29) is 0 Å². The van der Waals surface area contributed by atoms with E-state index < -0.39 is 0 Å². The molecule has 0 saturated carbocycles. The summed E-state index contributed by atoms with van der Waals surface area (Å²) >= 11 is 0. The number of nitrogen functional groups attached to an aromatic ring is 1. The van der Waals surface area contributed by atoms with E-state index in [0.29, 0.717) is 0 Å². The van der Waals surface area contributed by atoms with Crippen LogP contribution < -0.4 is 10.6 Å². The van der Waals surface area contributed by atoms with Crippen LogP contribution in [0.4, 0.5) is 11.6 Å². The van der Waals surface area contributed by atoms with Crippen molar-refractivity contribution in [2.24, 2.45) is 0 Å². The Morgan fingerprint density at radius 2 is 2.00 bits per heavy atom. The lowest BCUT2D eigenvalue weighted by Crippen LogP contribution is -2.32. The number of aryl methyl sites for hydroxylation is 1. The van der Waals surface area contributed by atoms with Gasteiger partial charge in [0.2, 0.25) is 5.95 Å². The molecule has 1 aliphatic rings. The summed E-state index contributed by atoms with van der Waals surface area (Å²) in [7, 11) is 0. The maximum absolute atomic E-state index is 6.00. The van der Waals surface area contributed by atoms with Crippen LogP contribution in [0.25, 0.3) is 0 Å². The highest BCUT2D eigenvalue weighted by molar-refractivity contribution is 5.54. The predicted molar refractivity (Wildman–Crippen MR) is 72.4 cm³/mol. The summed E-state index contributed by atoms with van der Waals surface area (Å²) in [5.74, 6) is 0.800. The van der Waals surface area contributed by atoms with Crippen LogP contribution in [-0.4, -0.2) is 16.5 Å². The monoisotopic (exact) mass is 240 g/mol. The minimum absolute atomic E-state index is 0.800. The van der Waals surface area contributed by atoms with Crippen molar-refractivity contribution in [3.8, 4) is 0 Å². The smallest absolute Gasteiger partial charge is 0.225 e. The van der Waals surface area contributed by atoms with E-state index in [1.54, 1.807) is 0 Å². The van der Waals surface area contributed by atoms with Crippen molar-refractivity contribution < 1.29 is 0 Å². The number of anilines is 2. The van der Waals surface area contributed by atoms with E-state index in [4.69, 9.17) is 5.73 Å². The predicted octanol–water partition coefficient (Wildman–Crippen LogP) is 1.93. The molecule has 0 amide bonds. The Balaban J connectivity index is 1.89. The molecule has 4 nitrogen and oxygen atoms in total. The van der Waals surface area contributed by atoms with Crippen molar-refractivity contribution in [3.05, 3.63) is 47.3 Å². The quantitative estimate of drug-likeness (QED) is 0.774. The van der Waals surface area contributed by atoms with Crippen LogP contribution in [0, 0.1) is 6.92 Å². The highest BCUT2D eigenvalue weighted by Gasteiger charge is 2.19. The van der Waals surface area contributed by atoms with Gasteiger partial charge in [-0.05, 0) is 36.1 Å². The first-order valence-electron chi connectivity index (χ1n) is 6.14. The normalized spacial score (nSPS) is 14.4. The van der Waals surface area contributed by atoms with Gasteiger partial charge in [0.1, 0.15) is 0 Å². The highest BCUT2D eigenvalue weighted by atomic mass is 15.2. The zero-order valence-electron chi connectivity index (χ0n) is 10.4. The van der Waals surface area contributed by atoms with E-state index in [0.717, 1.165) is 36.7 Å². The molecule has 0 bridgehead atoms. The second-order valence-electron chi connectivity index (χ2n) is 4.72. The third kappa shape index (κ3) is 1.90. The lowest BCUT2D eigenvalue weighted by atomic mass is 9.98. The second-order valence-corrected chi connectivity index (χ2v) is 4.72. The standard InChI is InChI=1S/C14H16N4/c1-10-7-16-14(17-8-10)18-6-5-12-11(9-18)3-2-4-13(12)15/h2-4,7-8H,5-6,9,15H2,1H3. The Morgan fingerprint density at radius 3 is 2.78 bits per heavy atom. The van der Waals surface area contributed by atoms with Gasteiger partial charge in [-0.15, -0.1) is 0 Å². The Hall–Kier alpha value is -2.10. The van der Waals surface area contributed by atoms with Gasteiger partial charge < -0.3 is 10.6 Å². The molecule has 2 N–H and O–H groups in total. The van der Waals surface area contributed by atoms with Crippen LogP contribution >= 0.6 is 0 Å². The molecule has 0 radical (unpaired) electrons. The van der Waals surface area contributed by atoms with Gasteiger partial charge in [0.25, 0.3) is 0 Å². The first-order valence-corrected chi connectivity index (χ1v) is 6.14. The summed E-state index contributed by atoms with van der Waals surface area (Å²) in [6.07, 6.45) is 4.67. The van der Waals surface area contributed by atoms with E-state index in [2.05, 4.69) is 20.9 Å². The molecule has 0 aliphatic carbocycles. The Labute approximate surface area is 106 Å². The van der Waals surface area contributed by atoms with Crippen LogP contribution in [-0.2, 0) is 13.0 Å². The summed E-state index contributed by atoms with van der Waals surface area (Å²) < 4.78 is 0. The molecule has 0 atom stereocenters. The zero-order valence-corrected chi connectivity index (χ0v) is 10.4. The number of hydrogen-bond donors (Lipinski definition) is 1. The lowest BCUT2D eigenvalue weighted by Gasteiger charge is -2.29. The van der Waals surface area contributed by atoms with Crippen molar-refractivity contribution in [3.63, 3.8) is 0 Å². The van der Waals surface area contributed by atoms with Crippen molar-refractivity contribution >= 4 is 11.6 Å². The van der Waals surface area contributed by atoms with E-state index >= 15 is 0 Å². The third-order valence-electron chi connectivity index (χ3n) is 3.35. The number of rotatable bonds is 1. The average molecular weight is 240 g/mol. The fourth-order valence-electron chi connectivity index (χ4n) is 2.36. The number of nitrogens with zero attached hydrogens (tertiary/aromatic N) is 3. The van der Waals surface area contributed by atoms with Gasteiger partial charge in [-0.25, -0.2) is 9.97 Å². The summed E-state index contributed by atoms with van der Waals surface area (Å²) in [5.41, 5.74) is 10.5.